The molecule has 0 aromatic heterocycles. The van der Waals surface area contributed by atoms with Crippen molar-refractivity contribution in [3.63, 3.8) is 0 Å². The van der Waals surface area contributed by atoms with Gasteiger partial charge in [-0.05, 0) is 41.8 Å². The van der Waals surface area contributed by atoms with Gasteiger partial charge in [-0.25, -0.2) is 0 Å². The molecule has 3 rings (SSSR count). The van der Waals surface area contributed by atoms with Gasteiger partial charge in [-0.2, -0.15) is 0 Å². The van der Waals surface area contributed by atoms with Crippen LogP contribution in [0.1, 0.15) is 25.0 Å². The summed E-state index contributed by atoms with van der Waals surface area (Å²) in [5.41, 5.74) is 1.65. The number of hydrogen-bond donors (Lipinski definition) is 0. The van der Waals surface area contributed by atoms with E-state index in [4.69, 9.17) is 0 Å². The van der Waals surface area contributed by atoms with Crippen LogP contribution >= 0.6 is 0 Å². The van der Waals surface area contributed by atoms with Gasteiger partial charge < -0.3 is 4.90 Å². The summed E-state index contributed by atoms with van der Waals surface area (Å²) in [6.07, 6.45) is 0. The van der Waals surface area contributed by atoms with Crippen LogP contribution in [-0.2, 0) is 16.8 Å². The zero-order valence-corrected chi connectivity index (χ0v) is 14.5. The summed E-state index contributed by atoms with van der Waals surface area (Å²) in [6.45, 7) is 4.59. The minimum atomic E-state index is -0.535. The largest absolute Gasteiger partial charge is 0.341 e. The number of carbonyl (C=O) groups excluding carboxylic acids is 1. The average Bonchev–Trinajstić information content (AvgIpc) is 2.61. The Labute approximate surface area is 143 Å². The lowest BCUT2D eigenvalue weighted by molar-refractivity contribution is -0.135. The lowest BCUT2D eigenvalue weighted by Crippen LogP contribution is -2.40. The number of nitrogens with zero attached hydrogens (tertiary/aromatic N) is 1. The summed E-state index contributed by atoms with van der Waals surface area (Å²) < 4.78 is 0. The Morgan fingerprint density at radius 3 is 2.21 bits per heavy atom. The second-order valence-corrected chi connectivity index (χ2v) is 6.83. The molecule has 0 unspecified atom stereocenters. The number of amides is 1. The normalized spacial score (nSPS) is 11.5. The monoisotopic (exact) mass is 317 g/mol. The molecule has 0 saturated heterocycles. The molecular formula is C22H23NO. The van der Waals surface area contributed by atoms with Gasteiger partial charge in [0.05, 0.1) is 5.41 Å². The van der Waals surface area contributed by atoms with Crippen LogP contribution in [0.15, 0.2) is 72.8 Å². The quantitative estimate of drug-likeness (QED) is 0.678. The molecule has 2 heteroatoms. The molecule has 0 radical (unpaired) electrons. The molecule has 0 aliphatic rings. The first kappa shape index (κ1) is 16.3. The number of benzene rings is 3. The average molecular weight is 317 g/mol. The fraction of sp³-hybridized carbons (Fsp3) is 0.227. The van der Waals surface area contributed by atoms with Crippen LogP contribution in [0.3, 0.4) is 0 Å². The van der Waals surface area contributed by atoms with Gasteiger partial charge >= 0.3 is 0 Å². The highest BCUT2D eigenvalue weighted by Gasteiger charge is 2.32. The van der Waals surface area contributed by atoms with Gasteiger partial charge in [-0.15, -0.1) is 0 Å². The van der Waals surface area contributed by atoms with E-state index in [9.17, 15) is 4.79 Å². The van der Waals surface area contributed by atoms with Crippen LogP contribution in [0.2, 0.25) is 0 Å². The van der Waals surface area contributed by atoms with E-state index in [1.54, 1.807) is 0 Å². The van der Waals surface area contributed by atoms with Crippen molar-refractivity contribution in [2.45, 2.75) is 25.8 Å². The van der Waals surface area contributed by atoms with Gasteiger partial charge in [0.1, 0.15) is 0 Å². The fourth-order valence-electron chi connectivity index (χ4n) is 3.14. The Bertz CT molecular complexity index is 852. The Hall–Kier alpha value is -2.61. The van der Waals surface area contributed by atoms with Gasteiger partial charge in [0.2, 0.25) is 5.91 Å². The highest BCUT2D eigenvalue weighted by molar-refractivity contribution is 5.87. The first-order valence-corrected chi connectivity index (χ1v) is 8.27. The van der Waals surface area contributed by atoms with Gasteiger partial charge in [0.15, 0.2) is 0 Å². The first-order valence-electron chi connectivity index (χ1n) is 8.27. The Morgan fingerprint density at radius 1 is 0.875 bits per heavy atom. The van der Waals surface area contributed by atoms with Crippen molar-refractivity contribution in [3.8, 4) is 0 Å². The van der Waals surface area contributed by atoms with Crippen molar-refractivity contribution in [2.75, 3.05) is 7.05 Å². The Morgan fingerprint density at radius 2 is 1.50 bits per heavy atom. The van der Waals surface area contributed by atoms with Crippen LogP contribution in [0.5, 0.6) is 0 Å². The molecule has 0 heterocycles. The molecule has 122 valence electrons. The Kier molecular flexibility index (Phi) is 4.39. The fourth-order valence-corrected chi connectivity index (χ4v) is 3.14. The van der Waals surface area contributed by atoms with Crippen molar-refractivity contribution in [1.82, 2.24) is 4.90 Å². The molecule has 3 aromatic carbocycles. The van der Waals surface area contributed by atoms with Crippen LogP contribution < -0.4 is 0 Å². The molecular weight excluding hydrogens is 294 g/mol. The van der Waals surface area contributed by atoms with Gasteiger partial charge in [-0.1, -0.05) is 66.7 Å². The third-order valence-electron chi connectivity index (χ3n) is 4.61. The highest BCUT2D eigenvalue weighted by atomic mass is 16.2. The lowest BCUT2D eigenvalue weighted by Gasteiger charge is -2.30. The molecule has 0 atom stereocenters. The van der Waals surface area contributed by atoms with E-state index in [-0.39, 0.29) is 5.91 Å². The van der Waals surface area contributed by atoms with E-state index in [1.165, 1.54) is 10.8 Å². The second kappa shape index (κ2) is 6.48. The van der Waals surface area contributed by atoms with Crippen LogP contribution in [0, 0.1) is 0 Å². The third-order valence-corrected chi connectivity index (χ3v) is 4.61. The van der Waals surface area contributed by atoms with E-state index in [2.05, 4.69) is 30.3 Å². The first-order chi connectivity index (χ1) is 11.5. The van der Waals surface area contributed by atoms with Crippen LogP contribution in [0.25, 0.3) is 10.8 Å². The van der Waals surface area contributed by atoms with E-state index < -0.39 is 5.41 Å². The molecule has 0 aliphatic heterocycles. The number of likely N-dealkylation sites (N-methyl/N-ethyl adjacent to an activating group) is 1. The van der Waals surface area contributed by atoms with Crippen molar-refractivity contribution in [2.24, 2.45) is 0 Å². The van der Waals surface area contributed by atoms with Gasteiger partial charge in [-0.3, -0.25) is 4.79 Å². The predicted molar refractivity (Wildman–Crippen MR) is 99.9 cm³/mol. The number of fused-ring (bicyclic) bond motifs is 1. The smallest absolute Gasteiger partial charge is 0.232 e. The second-order valence-electron chi connectivity index (χ2n) is 6.83. The maximum Gasteiger partial charge on any atom is 0.232 e. The van der Waals surface area contributed by atoms with Crippen molar-refractivity contribution < 1.29 is 4.79 Å². The standard InChI is InChI=1S/C22H23NO/c1-22(2,20-11-5-4-6-12-20)21(24)23(3)16-17-13-14-18-9-7-8-10-19(18)15-17/h4-15H,16H2,1-3H3. The lowest BCUT2D eigenvalue weighted by atomic mass is 9.83. The SMILES string of the molecule is CN(Cc1ccc2ccccc2c1)C(=O)C(C)(C)c1ccccc1. The summed E-state index contributed by atoms with van der Waals surface area (Å²) in [6, 6.07) is 24.6. The minimum absolute atomic E-state index is 0.127. The van der Waals surface area contributed by atoms with Gasteiger partial charge in [0, 0.05) is 13.6 Å². The van der Waals surface area contributed by atoms with Crippen molar-refractivity contribution in [3.05, 3.63) is 83.9 Å². The molecule has 2 nitrogen and oxygen atoms in total. The molecule has 24 heavy (non-hydrogen) atoms. The predicted octanol–water partition coefficient (Wildman–Crippen LogP) is 4.78. The van der Waals surface area contributed by atoms with Gasteiger partial charge in [0.25, 0.3) is 0 Å². The van der Waals surface area contributed by atoms with Crippen molar-refractivity contribution in [1.29, 1.82) is 0 Å². The molecule has 0 aliphatic carbocycles. The maximum absolute atomic E-state index is 13.0. The minimum Gasteiger partial charge on any atom is -0.341 e. The van der Waals surface area contributed by atoms with E-state index >= 15 is 0 Å². The number of rotatable bonds is 4. The third kappa shape index (κ3) is 3.18. The summed E-state index contributed by atoms with van der Waals surface area (Å²) >= 11 is 0. The van der Waals surface area contributed by atoms with Crippen molar-refractivity contribution >= 4 is 16.7 Å². The summed E-state index contributed by atoms with van der Waals surface area (Å²) in [5, 5.41) is 2.43. The molecule has 1 amide bonds. The highest BCUT2D eigenvalue weighted by Crippen LogP contribution is 2.26. The van der Waals surface area contributed by atoms with E-state index in [0.29, 0.717) is 6.54 Å². The van der Waals surface area contributed by atoms with E-state index in [1.807, 2.05) is 68.3 Å². The zero-order chi connectivity index (χ0) is 17.2. The molecule has 0 bridgehead atoms. The summed E-state index contributed by atoms with van der Waals surface area (Å²) in [4.78, 5) is 14.8. The van der Waals surface area contributed by atoms with E-state index in [0.717, 1.165) is 11.1 Å². The molecule has 0 fully saturated rings. The molecule has 0 spiro atoms. The van der Waals surface area contributed by atoms with Crippen LogP contribution in [-0.4, -0.2) is 17.9 Å². The molecule has 0 saturated carbocycles. The number of hydrogen-bond acceptors (Lipinski definition) is 1. The number of carbonyl (C=O) groups is 1. The Balaban J connectivity index is 1.80. The summed E-state index contributed by atoms with van der Waals surface area (Å²) in [7, 11) is 1.88. The zero-order valence-electron chi connectivity index (χ0n) is 14.5. The van der Waals surface area contributed by atoms with Crippen LogP contribution in [0.4, 0.5) is 0 Å². The molecule has 3 aromatic rings. The maximum atomic E-state index is 13.0. The molecule has 0 N–H and O–H groups in total. The summed E-state index contributed by atoms with van der Waals surface area (Å²) in [5.74, 6) is 0.127. The topological polar surface area (TPSA) is 20.3 Å².